The zero-order valence-electron chi connectivity index (χ0n) is 14.6. The smallest absolute Gasteiger partial charge is 0.234 e. The second-order valence-electron chi connectivity index (χ2n) is 8.01. The average molecular weight is 371 g/mol. The van der Waals surface area contributed by atoms with Crippen LogP contribution in [0.5, 0.6) is 5.75 Å². The molecule has 2 heterocycles. The Morgan fingerprint density at radius 2 is 1.81 bits per heavy atom. The summed E-state index contributed by atoms with van der Waals surface area (Å²) >= 11 is 5.14. The van der Waals surface area contributed by atoms with Gasteiger partial charge in [0.1, 0.15) is 11.9 Å². The third-order valence-corrected chi connectivity index (χ3v) is 5.58. The van der Waals surface area contributed by atoms with Crippen LogP contribution in [0.25, 0.3) is 0 Å². The van der Waals surface area contributed by atoms with Crippen molar-refractivity contribution in [2.75, 3.05) is 0 Å². The second-order valence-corrected chi connectivity index (χ2v) is 8.42. The number of benzene rings is 1. The number of hydrogen-bond donors (Lipinski definition) is 4. The molecular formula is C19H21N3O3S. The number of thiocarbonyl (C=S) groups is 1. The molecule has 1 amide bonds. The standard InChI is InChI=1S/C19H21N3O3S/c1-19(2)7-11-14(12(24)8-19)13(9-3-5-10(23)6-4-9)15-16(20-11)21-18(26)22-17(15)25/h3-6,13,15-16,20,23H,7-8H2,1-2H3,(H2,21,22,25,26). The predicted octanol–water partition coefficient (Wildman–Crippen LogP) is 1.67. The van der Waals surface area contributed by atoms with Gasteiger partial charge in [-0.05, 0) is 41.7 Å². The van der Waals surface area contributed by atoms with Crippen molar-refractivity contribution in [3.05, 3.63) is 41.1 Å². The molecular weight excluding hydrogens is 350 g/mol. The molecule has 3 aliphatic rings. The fraction of sp³-hybridized carbons (Fsp3) is 0.421. The largest absolute Gasteiger partial charge is 0.508 e. The lowest BCUT2D eigenvalue weighted by Gasteiger charge is -2.47. The van der Waals surface area contributed by atoms with Crippen molar-refractivity contribution in [2.24, 2.45) is 11.3 Å². The maximum absolute atomic E-state index is 13.0. The van der Waals surface area contributed by atoms with Crippen molar-refractivity contribution in [3.63, 3.8) is 0 Å². The minimum atomic E-state index is -0.504. The minimum Gasteiger partial charge on any atom is -0.508 e. The molecule has 0 spiro atoms. The molecule has 4 rings (SSSR count). The highest BCUT2D eigenvalue weighted by molar-refractivity contribution is 7.80. The number of carbonyl (C=O) groups is 2. The molecule has 7 heteroatoms. The van der Waals surface area contributed by atoms with E-state index in [9.17, 15) is 14.7 Å². The number of carbonyl (C=O) groups excluding carboxylic acids is 2. The van der Waals surface area contributed by atoms with E-state index >= 15 is 0 Å². The van der Waals surface area contributed by atoms with Crippen LogP contribution in [0.3, 0.4) is 0 Å². The van der Waals surface area contributed by atoms with Gasteiger partial charge in [-0.3, -0.25) is 9.59 Å². The summed E-state index contributed by atoms with van der Waals surface area (Å²) in [7, 11) is 0. The summed E-state index contributed by atoms with van der Waals surface area (Å²) in [6.45, 7) is 4.15. The van der Waals surface area contributed by atoms with Gasteiger partial charge in [0.25, 0.3) is 0 Å². The van der Waals surface area contributed by atoms with Crippen LogP contribution in [0.2, 0.25) is 0 Å². The summed E-state index contributed by atoms with van der Waals surface area (Å²) < 4.78 is 0. The SMILES string of the molecule is CC1(C)CC(=O)C2=C(C1)NC1NC(=S)NC(=O)C1C2c1ccc(O)cc1. The number of Topliss-reactive ketones (excluding diaryl/α,β-unsaturated/α-hetero) is 1. The molecule has 3 unspecified atom stereocenters. The van der Waals surface area contributed by atoms with E-state index in [2.05, 4.69) is 29.8 Å². The maximum Gasteiger partial charge on any atom is 0.234 e. The van der Waals surface area contributed by atoms with Gasteiger partial charge >= 0.3 is 0 Å². The Bertz CT molecular complexity index is 844. The van der Waals surface area contributed by atoms with Crippen LogP contribution in [0.1, 0.15) is 38.2 Å². The first-order chi connectivity index (χ1) is 12.2. The van der Waals surface area contributed by atoms with Crippen molar-refractivity contribution < 1.29 is 14.7 Å². The van der Waals surface area contributed by atoms with Crippen molar-refractivity contribution in [2.45, 2.75) is 38.8 Å². The molecule has 0 radical (unpaired) electrons. The van der Waals surface area contributed by atoms with E-state index < -0.39 is 5.92 Å². The fourth-order valence-electron chi connectivity index (χ4n) is 4.33. The Kier molecular flexibility index (Phi) is 3.80. The van der Waals surface area contributed by atoms with Crippen LogP contribution in [0.15, 0.2) is 35.5 Å². The molecule has 26 heavy (non-hydrogen) atoms. The molecule has 1 aromatic carbocycles. The van der Waals surface area contributed by atoms with Gasteiger partial charge in [0.15, 0.2) is 10.9 Å². The zero-order chi connectivity index (χ0) is 18.6. The molecule has 1 aliphatic carbocycles. The van der Waals surface area contributed by atoms with Gasteiger partial charge < -0.3 is 21.1 Å². The first-order valence-corrected chi connectivity index (χ1v) is 9.09. The van der Waals surface area contributed by atoms with Crippen LogP contribution in [-0.2, 0) is 9.59 Å². The quantitative estimate of drug-likeness (QED) is 0.562. The maximum atomic E-state index is 13.0. The van der Waals surface area contributed by atoms with Gasteiger partial charge in [0.2, 0.25) is 5.91 Å². The van der Waals surface area contributed by atoms with Crippen molar-refractivity contribution in [3.8, 4) is 5.75 Å². The van der Waals surface area contributed by atoms with Gasteiger partial charge in [-0.1, -0.05) is 26.0 Å². The number of hydrogen-bond acceptors (Lipinski definition) is 5. The van der Waals surface area contributed by atoms with Crippen LogP contribution in [0, 0.1) is 11.3 Å². The van der Waals surface area contributed by atoms with E-state index in [1.54, 1.807) is 24.3 Å². The number of rotatable bonds is 1. The number of fused-ring (bicyclic) bond motifs is 1. The van der Waals surface area contributed by atoms with Crippen LogP contribution >= 0.6 is 12.2 Å². The zero-order valence-corrected chi connectivity index (χ0v) is 15.4. The summed E-state index contributed by atoms with van der Waals surface area (Å²) in [4.78, 5) is 25.8. The second kappa shape index (κ2) is 5.81. The lowest BCUT2D eigenvalue weighted by molar-refractivity contribution is -0.127. The van der Waals surface area contributed by atoms with E-state index in [1.807, 2.05) is 0 Å². The lowest BCUT2D eigenvalue weighted by Crippen LogP contribution is -2.66. The molecule has 1 fully saturated rings. The molecule has 0 bridgehead atoms. The molecule has 3 atom stereocenters. The predicted molar refractivity (Wildman–Crippen MR) is 100 cm³/mol. The summed E-state index contributed by atoms with van der Waals surface area (Å²) in [6.07, 6.45) is 0.824. The molecule has 0 aromatic heterocycles. The molecule has 0 saturated carbocycles. The van der Waals surface area contributed by atoms with Crippen molar-refractivity contribution >= 4 is 29.0 Å². The van der Waals surface area contributed by atoms with Crippen molar-refractivity contribution in [1.29, 1.82) is 0 Å². The number of ketones is 1. The van der Waals surface area contributed by atoms with E-state index in [0.29, 0.717) is 17.1 Å². The Morgan fingerprint density at radius 3 is 2.50 bits per heavy atom. The molecule has 1 aromatic rings. The van der Waals surface area contributed by atoms with E-state index in [1.165, 1.54) is 0 Å². The van der Waals surface area contributed by atoms with E-state index in [-0.39, 0.29) is 34.9 Å². The summed E-state index contributed by atoms with van der Waals surface area (Å²) in [5, 5.41) is 19.1. The average Bonchev–Trinajstić information content (AvgIpc) is 2.52. The first-order valence-electron chi connectivity index (χ1n) is 8.68. The highest BCUT2D eigenvalue weighted by Crippen LogP contribution is 2.47. The highest BCUT2D eigenvalue weighted by atomic mass is 32.1. The lowest BCUT2D eigenvalue weighted by atomic mass is 9.66. The number of allylic oxidation sites excluding steroid dienone is 2. The number of amides is 1. The van der Waals surface area contributed by atoms with Gasteiger partial charge in [-0.25, -0.2) is 0 Å². The van der Waals surface area contributed by atoms with Gasteiger partial charge in [-0.15, -0.1) is 0 Å². The monoisotopic (exact) mass is 371 g/mol. The molecule has 2 aliphatic heterocycles. The van der Waals surface area contributed by atoms with Gasteiger partial charge in [0, 0.05) is 23.6 Å². The Morgan fingerprint density at radius 1 is 1.12 bits per heavy atom. The highest BCUT2D eigenvalue weighted by Gasteiger charge is 2.50. The van der Waals surface area contributed by atoms with Gasteiger partial charge in [0.05, 0.1) is 5.92 Å². The summed E-state index contributed by atoms with van der Waals surface area (Å²) in [6, 6.07) is 6.73. The minimum absolute atomic E-state index is 0.0706. The third kappa shape index (κ3) is 2.76. The van der Waals surface area contributed by atoms with Crippen LogP contribution in [0.4, 0.5) is 0 Å². The molecule has 4 N–H and O–H groups in total. The molecule has 136 valence electrons. The van der Waals surface area contributed by atoms with E-state index in [0.717, 1.165) is 17.7 Å². The molecule has 6 nitrogen and oxygen atoms in total. The topological polar surface area (TPSA) is 90.5 Å². The fourth-order valence-corrected chi connectivity index (χ4v) is 4.56. The van der Waals surface area contributed by atoms with Crippen LogP contribution in [-0.4, -0.2) is 28.1 Å². The number of phenolic OH excluding ortho intramolecular Hbond substituents is 1. The van der Waals surface area contributed by atoms with Crippen molar-refractivity contribution in [1.82, 2.24) is 16.0 Å². The Labute approximate surface area is 157 Å². The number of aromatic hydroxyl groups is 1. The third-order valence-electron chi connectivity index (χ3n) is 5.36. The van der Waals surface area contributed by atoms with Gasteiger partial charge in [-0.2, -0.15) is 0 Å². The summed E-state index contributed by atoms with van der Waals surface area (Å²) in [5.74, 6) is -0.863. The number of nitrogens with one attached hydrogen (secondary N) is 3. The van der Waals surface area contributed by atoms with E-state index in [4.69, 9.17) is 12.2 Å². The number of phenols is 1. The Balaban J connectivity index is 1.87. The normalized spacial score (nSPS) is 29.9. The first kappa shape index (κ1) is 17.0. The molecule has 1 saturated heterocycles. The Hall–Kier alpha value is -2.41. The van der Waals surface area contributed by atoms with Crippen LogP contribution < -0.4 is 16.0 Å². The summed E-state index contributed by atoms with van der Waals surface area (Å²) in [5.41, 5.74) is 2.27.